The molecular weight excluding hydrogens is 360 g/mol. The Morgan fingerprint density at radius 1 is 1.07 bits per heavy atom. The molecule has 0 bridgehead atoms. The van der Waals surface area contributed by atoms with Crippen molar-refractivity contribution in [2.45, 2.75) is 62.5 Å². The van der Waals surface area contributed by atoms with E-state index in [1.54, 1.807) is 7.11 Å². The van der Waals surface area contributed by atoms with Crippen LogP contribution >= 0.6 is 0 Å². The van der Waals surface area contributed by atoms with Crippen LogP contribution in [-0.2, 0) is 0 Å². The van der Waals surface area contributed by atoms with Gasteiger partial charge in [-0.15, -0.1) is 0 Å². The number of likely N-dealkylation sites (tertiary alicyclic amines) is 1. The number of nitrogens with one attached hydrogen (secondary N) is 1. The summed E-state index contributed by atoms with van der Waals surface area (Å²) in [6, 6.07) is 13.6. The molecule has 1 heterocycles. The molecule has 29 heavy (non-hydrogen) atoms. The van der Waals surface area contributed by atoms with Gasteiger partial charge in [0.1, 0.15) is 5.75 Å². The molecule has 0 radical (unpaired) electrons. The summed E-state index contributed by atoms with van der Waals surface area (Å²) in [5.74, 6) is 1.04. The molecule has 1 aliphatic heterocycles. The van der Waals surface area contributed by atoms with Crippen molar-refractivity contribution in [1.82, 2.24) is 10.2 Å². The topological polar surface area (TPSA) is 44.7 Å². The average molecular weight is 397 g/mol. The molecule has 1 atom stereocenters. The van der Waals surface area contributed by atoms with Crippen LogP contribution in [0.1, 0.15) is 56.4 Å². The first-order chi connectivity index (χ1) is 14.1. The summed E-state index contributed by atoms with van der Waals surface area (Å²) >= 11 is 0. The van der Waals surface area contributed by atoms with Crippen molar-refractivity contribution in [3.63, 3.8) is 0 Å². The number of benzene rings is 2. The number of rotatable bonds is 6. The minimum Gasteiger partial charge on any atom is -0.497 e. The summed E-state index contributed by atoms with van der Waals surface area (Å²) in [5.41, 5.74) is 0.677. The van der Waals surface area contributed by atoms with E-state index in [0.717, 1.165) is 51.1 Å². The fourth-order valence-corrected chi connectivity index (χ4v) is 5.35. The summed E-state index contributed by atoms with van der Waals surface area (Å²) < 4.78 is 5.44. The van der Waals surface area contributed by atoms with E-state index < -0.39 is 5.60 Å². The first-order valence-corrected chi connectivity index (χ1v) is 11.3. The van der Waals surface area contributed by atoms with E-state index >= 15 is 0 Å². The van der Waals surface area contributed by atoms with Crippen molar-refractivity contribution in [2.24, 2.45) is 0 Å². The van der Waals surface area contributed by atoms with E-state index in [-0.39, 0.29) is 5.92 Å². The van der Waals surface area contributed by atoms with Crippen molar-refractivity contribution >= 4 is 10.8 Å². The van der Waals surface area contributed by atoms with Crippen LogP contribution in [-0.4, -0.2) is 55.4 Å². The van der Waals surface area contributed by atoms with Gasteiger partial charge in [0.25, 0.3) is 0 Å². The molecule has 2 aromatic carbocycles. The summed E-state index contributed by atoms with van der Waals surface area (Å²) in [6.07, 6.45) is 7.73. The van der Waals surface area contributed by atoms with Crippen LogP contribution in [0, 0.1) is 0 Å². The zero-order valence-corrected chi connectivity index (χ0v) is 18.0. The number of hydrogen-bond acceptors (Lipinski definition) is 4. The van der Waals surface area contributed by atoms with Crippen molar-refractivity contribution in [3.8, 4) is 5.75 Å². The second-order valence-corrected chi connectivity index (χ2v) is 9.05. The van der Waals surface area contributed by atoms with Gasteiger partial charge in [-0.05, 0) is 74.3 Å². The summed E-state index contributed by atoms with van der Waals surface area (Å²) in [5, 5.41) is 17.6. The minimum atomic E-state index is -0.593. The summed E-state index contributed by atoms with van der Waals surface area (Å²) in [4.78, 5) is 2.57. The van der Waals surface area contributed by atoms with Gasteiger partial charge in [0.05, 0.1) is 12.7 Å². The van der Waals surface area contributed by atoms with Crippen LogP contribution in [0.5, 0.6) is 5.75 Å². The van der Waals surface area contributed by atoms with Crippen molar-refractivity contribution in [2.75, 3.05) is 33.8 Å². The number of nitrogens with zero attached hydrogens (tertiary/aromatic N) is 1. The Morgan fingerprint density at radius 3 is 2.48 bits per heavy atom. The average Bonchev–Trinajstić information content (AvgIpc) is 2.77. The monoisotopic (exact) mass is 396 g/mol. The molecule has 158 valence electrons. The molecule has 1 aliphatic carbocycles. The predicted molar refractivity (Wildman–Crippen MR) is 120 cm³/mol. The normalized spacial score (nSPS) is 21.9. The van der Waals surface area contributed by atoms with Crippen LogP contribution in [0.3, 0.4) is 0 Å². The number of aliphatic hydroxyl groups is 1. The van der Waals surface area contributed by atoms with Gasteiger partial charge in [-0.1, -0.05) is 43.5 Å². The minimum absolute atomic E-state index is 0.157. The fraction of sp³-hybridized carbons (Fsp3) is 0.600. The molecule has 0 aromatic heterocycles. The fourth-order valence-electron chi connectivity index (χ4n) is 5.35. The van der Waals surface area contributed by atoms with Gasteiger partial charge in [-0.2, -0.15) is 0 Å². The van der Waals surface area contributed by atoms with Gasteiger partial charge < -0.3 is 20.1 Å². The molecule has 1 saturated heterocycles. The van der Waals surface area contributed by atoms with Gasteiger partial charge >= 0.3 is 0 Å². The second-order valence-electron chi connectivity index (χ2n) is 9.05. The van der Waals surface area contributed by atoms with Gasteiger partial charge in [0.2, 0.25) is 0 Å². The van der Waals surface area contributed by atoms with Crippen molar-refractivity contribution in [3.05, 3.63) is 42.0 Å². The lowest BCUT2D eigenvalue weighted by atomic mass is 9.72. The lowest BCUT2D eigenvalue weighted by molar-refractivity contribution is -0.0326. The quantitative estimate of drug-likeness (QED) is 0.764. The van der Waals surface area contributed by atoms with Crippen LogP contribution < -0.4 is 10.1 Å². The molecule has 4 nitrogen and oxygen atoms in total. The Balaban J connectivity index is 1.63. The van der Waals surface area contributed by atoms with E-state index in [1.807, 2.05) is 6.07 Å². The third kappa shape index (κ3) is 4.60. The van der Waals surface area contributed by atoms with Gasteiger partial charge in [-0.25, -0.2) is 0 Å². The smallest absolute Gasteiger partial charge is 0.119 e. The Labute approximate surface area is 175 Å². The van der Waals surface area contributed by atoms with E-state index in [4.69, 9.17) is 4.74 Å². The number of ether oxygens (including phenoxy) is 1. The van der Waals surface area contributed by atoms with Crippen LogP contribution in [0.25, 0.3) is 10.8 Å². The third-order valence-corrected chi connectivity index (χ3v) is 7.28. The highest BCUT2D eigenvalue weighted by atomic mass is 16.5. The maximum atomic E-state index is 11.7. The van der Waals surface area contributed by atoms with Crippen LogP contribution in [0.4, 0.5) is 0 Å². The van der Waals surface area contributed by atoms with Crippen molar-refractivity contribution in [1.29, 1.82) is 0 Å². The Hall–Kier alpha value is -1.62. The molecule has 0 amide bonds. The molecule has 2 N–H and O–H groups in total. The molecule has 2 aliphatic rings. The van der Waals surface area contributed by atoms with Gasteiger partial charge in [0.15, 0.2) is 0 Å². The number of hydrogen-bond donors (Lipinski definition) is 2. The summed E-state index contributed by atoms with van der Waals surface area (Å²) in [7, 11) is 3.78. The molecule has 2 aromatic rings. The van der Waals surface area contributed by atoms with Gasteiger partial charge in [0, 0.05) is 18.5 Å². The van der Waals surface area contributed by atoms with Crippen molar-refractivity contribution < 1.29 is 9.84 Å². The summed E-state index contributed by atoms with van der Waals surface area (Å²) in [6.45, 7) is 3.17. The third-order valence-electron chi connectivity index (χ3n) is 7.28. The molecule has 4 heteroatoms. The Bertz CT molecular complexity index is 808. The van der Waals surface area contributed by atoms with Gasteiger partial charge in [-0.3, -0.25) is 0 Å². The molecule has 1 saturated carbocycles. The second kappa shape index (κ2) is 9.03. The van der Waals surface area contributed by atoms with E-state index in [9.17, 15) is 5.11 Å². The molecule has 1 unspecified atom stereocenters. The Kier molecular flexibility index (Phi) is 6.43. The highest BCUT2D eigenvalue weighted by Crippen LogP contribution is 2.41. The molecule has 2 fully saturated rings. The lowest BCUT2D eigenvalue weighted by Crippen LogP contribution is -2.48. The molecule has 4 rings (SSSR count). The maximum absolute atomic E-state index is 11.7. The Morgan fingerprint density at radius 2 is 1.79 bits per heavy atom. The largest absolute Gasteiger partial charge is 0.497 e. The van der Waals surface area contributed by atoms with E-state index in [0.29, 0.717) is 6.04 Å². The highest BCUT2D eigenvalue weighted by molar-refractivity contribution is 5.84. The van der Waals surface area contributed by atoms with Crippen LogP contribution in [0.2, 0.25) is 0 Å². The number of piperidine rings is 1. The lowest BCUT2D eigenvalue weighted by Gasteiger charge is -2.43. The highest BCUT2D eigenvalue weighted by Gasteiger charge is 2.40. The molecule has 0 spiro atoms. The van der Waals surface area contributed by atoms with Crippen LogP contribution in [0.15, 0.2) is 36.4 Å². The standard InChI is InChI=1S/C25H36N2O2/c1-26-22-10-14-27(15-11-22)18-24(25(28)12-4-3-5-13-25)20-7-6-19-8-9-23(29-2)17-21(19)16-20/h6-9,16-17,22,24,26,28H,3-5,10-15,18H2,1-2H3. The number of methoxy groups -OCH3 is 1. The first kappa shape index (κ1) is 20.6. The SMILES string of the molecule is CNC1CCN(CC(c2ccc3ccc(OC)cc3c2)C2(O)CCCCC2)CC1. The van der Waals surface area contributed by atoms with E-state index in [2.05, 4.69) is 47.6 Å². The number of fused-ring (bicyclic) bond motifs is 1. The predicted octanol–water partition coefficient (Wildman–Crippen LogP) is 4.31. The zero-order chi connectivity index (χ0) is 20.3. The zero-order valence-electron chi connectivity index (χ0n) is 18.0. The molecular formula is C25H36N2O2. The van der Waals surface area contributed by atoms with E-state index in [1.165, 1.54) is 35.6 Å². The first-order valence-electron chi connectivity index (χ1n) is 11.3. The maximum Gasteiger partial charge on any atom is 0.119 e.